The van der Waals surface area contributed by atoms with Gasteiger partial charge >= 0.3 is 0 Å². The first-order valence-corrected chi connectivity index (χ1v) is 9.89. The summed E-state index contributed by atoms with van der Waals surface area (Å²) in [7, 11) is 0. The second-order valence-electron chi connectivity index (χ2n) is 8.17. The van der Waals surface area contributed by atoms with Crippen molar-refractivity contribution in [3.05, 3.63) is 36.1 Å². The van der Waals surface area contributed by atoms with Gasteiger partial charge in [0.25, 0.3) is 5.91 Å². The zero-order valence-electron chi connectivity index (χ0n) is 16.4. The monoisotopic (exact) mass is 404 g/mol. The summed E-state index contributed by atoms with van der Waals surface area (Å²) in [6, 6.07) is 7.29. The molecule has 156 valence electrons. The Kier molecular flexibility index (Phi) is 5.31. The SMILES string of the molecule is CC(C)C[C@H](NC(=O)c1cc2ccccc2o1)C(=O)N1C[C@@H](F)[C@H]2OC[C@H](O)[C@H]21. The summed E-state index contributed by atoms with van der Waals surface area (Å²) in [4.78, 5) is 27.3. The summed E-state index contributed by atoms with van der Waals surface area (Å²) in [5, 5.41) is 13.7. The standard InChI is InChI=1S/C21H25FN2O5/c1-11(2)7-14(21(27)24-9-13(22)19-18(24)15(25)10-28-19)23-20(26)17-8-12-5-3-4-6-16(12)29-17/h3-6,8,11,13-15,18-19,25H,7,9-10H2,1-2H3,(H,23,26)/t13-,14+,15+,18-,19-/m1/s1. The Morgan fingerprint density at radius 2 is 2.10 bits per heavy atom. The fourth-order valence-electron chi connectivity index (χ4n) is 4.20. The van der Waals surface area contributed by atoms with Crippen LogP contribution in [0.4, 0.5) is 4.39 Å². The number of amides is 2. The van der Waals surface area contributed by atoms with Gasteiger partial charge in [-0.25, -0.2) is 4.39 Å². The van der Waals surface area contributed by atoms with Crippen LogP contribution in [0.2, 0.25) is 0 Å². The summed E-state index contributed by atoms with van der Waals surface area (Å²) in [6.07, 6.45) is -2.73. The molecule has 1 aromatic heterocycles. The van der Waals surface area contributed by atoms with Gasteiger partial charge in [0.15, 0.2) is 5.76 Å². The molecule has 2 N–H and O–H groups in total. The van der Waals surface area contributed by atoms with Gasteiger partial charge in [0.05, 0.1) is 19.2 Å². The predicted octanol–water partition coefficient (Wildman–Crippen LogP) is 1.89. The van der Waals surface area contributed by atoms with Crippen molar-refractivity contribution in [3.63, 3.8) is 0 Å². The second-order valence-corrected chi connectivity index (χ2v) is 8.17. The number of halogens is 1. The van der Waals surface area contributed by atoms with Crippen LogP contribution in [0.3, 0.4) is 0 Å². The van der Waals surface area contributed by atoms with E-state index in [1.165, 1.54) is 4.90 Å². The number of nitrogens with zero attached hydrogens (tertiary/aromatic N) is 1. The Morgan fingerprint density at radius 1 is 1.34 bits per heavy atom. The van der Waals surface area contributed by atoms with E-state index in [9.17, 15) is 19.1 Å². The van der Waals surface area contributed by atoms with E-state index < -0.39 is 42.3 Å². The van der Waals surface area contributed by atoms with Crippen LogP contribution in [0.25, 0.3) is 11.0 Å². The third-order valence-corrected chi connectivity index (χ3v) is 5.52. The maximum atomic E-state index is 14.3. The molecular weight excluding hydrogens is 379 g/mol. The number of likely N-dealkylation sites (tertiary alicyclic amines) is 1. The van der Waals surface area contributed by atoms with Gasteiger partial charge in [-0.2, -0.15) is 0 Å². The van der Waals surface area contributed by atoms with Crippen LogP contribution >= 0.6 is 0 Å². The van der Waals surface area contributed by atoms with Crippen molar-refractivity contribution in [1.29, 1.82) is 0 Å². The number of fused-ring (bicyclic) bond motifs is 2. The molecule has 2 fully saturated rings. The van der Waals surface area contributed by atoms with Crippen LogP contribution in [0.5, 0.6) is 0 Å². The minimum absolute atomic E-state index is 0.000274. The van der Waals surface area contributed by atoms with Crippen LogP contribution < -0.4 is 5.32 Å². The molecule has 5 atom stereocenters. The van der Waals surface area contributed by atoms with Gasteiger partial charge in [-0.15, -0.1) is 0 Å². The topological polar surface area (TPSA) is 92.0 Å². The summed E-state index contributed by atoms with van der Waals surface area (Å²) in [6.45, 7) is 3.72. The molecule has 29 heavy (non-hydrogen) atoms. The summed E-state index contributed by atoms with van der Waals surface area (Å²) in [5.41, 5.74) is 0.582. The van der Waals surface area contributed by atoms with Crippen LogP contribution in [-0.2, 0) is 9.53 Å². The van der Waals surface area contributed by atoms with E-state index in [1.54, 1.807) is 12.1 Å². The molecule has 4 rings (SSSR count). The highest BCUT2D eigenvalue weighted by molar-refractivity contribution is 5.98. The molecule has 8 heteroatoms. The number of nitrogens with one attached hydrogen (secondary N) is 1. The number of carbonyl (C=O) groups excluding carboxylic acids is 2. The zero-order valence-corrected chi connectivity index (χ0v) is 16.4. The average molecular weight is 404 g/mol. The lowest BCUT2D eigenvalue weighted by atomic mass is 10.0. The normalized spacial score (nSPS) is 27.4. The van der Waals surface area contributed by atoms with E-state index in [0.29, 0.717) is 12.0 Å². The van der Waals surface area contributed by atoms with Crippen LogP contribution in [0.15, 0.2) is 34.7 Å². The Hall–Kier alpha value is -2.45. The summed E-state index contributed by atoms with van der Waals surface area (Å²) >= 11 is 0. The Bertz CT molecular complexity index is 880. The smallest absolute Gasteiger partial charge is 0.287 e. The van der Waals surface area contributed by atoms with E-state index in [4.69, 9.17) is 9.15 Å². The third-order valence-electron chi connectivity index (χ3n) is 5.52. The molecule has 0 bridgehead atoms. The molecule has 0 aliphatic carbocycles. The Balaban J connectivity index is 1.54. The van der Waals surface area contributed by atoms with Crippen molar-refractivity contribution in [2.75, 3.05) is 13.2 Å². The number of alkyl halides is 1. The van der Waals surface area contributed by atoms with Gasteiger partial charge < -0.3 is 24.5 Å². The average Bonchev–Trinajstić information content (AvgIpc) is 3.36. The maximum absolute atomic E-state index is 14.3. The van der Waals surface area contributed by atoms with Gasteiger partial charge in [0.2, 0.25) is 5.91 Å². The minimum Gasteiger partial charge on any atom is -0.451 e. The number of hydrogen-bond donors (Lipinski definition) is 2. The Labute approximate surface area is 167 Å². The van der Waals surface area contributed by atoms with Crippen molar-refractivity contribution in [2.24, 2.45) is 5.92 Å². The van der Waals surface area contributed by atoms with Crippen molar-refractivity contribution < 1.29 is 28.2 Å². The van der Waals surface area contributed by atoms with Gasteiger partial charge in [0, 0.05) is 5.39 Å². The first-order chi connectivity index (χ1) is 13.8. The van der Waals surface area contributed by atoms with E-state index in [-0.39, 0.29) is 24.8 Å². The third kappa shape index (κ3) is 3.74. The number of hydrogen-bond acceptors (Lipinski definition) is 5. The molecule has 1 aromatic carbocycles. The number of aliphatic hydroxyl groups is 1. The van der Waals surface area contributed by atoms with Crippen LogP contribution in [-0.4, -0.2) is 65.4 Å². The van der Waals surface area contributed by atoms with Gasteiger partial charge in [-0.3, -0.25) is 9.59 Å². The molecule has 2 aromatic rings. The molecule has 3 heterocycles. The second kappa shape index (κ2) is 7.76. The number of ether oxygens (including phenoxy) is 1. The molecule has 0 saturated carbocycles. The van der Waals surface area contributed by atoms with E-state index >= 15 is 0 Å². The van der Waals surface area contributed by atoms with Crippen molar-refractivity contribution >= 4 is 22.8 Å². The fraction of sp³-hybridized carbons (Fsp3) is 0.524. The minimum atomic E-state index is -1.35. The number of rotatable bonds is 5. The number of benzene rings is 1. The Morgan fingerprint density at radius 3 is 2.83 bits per heavy atom. The maximum Gasteiger partial charge on any atom is 0.287 e. The molecule has 0 spiro atoms. The first-order valence-electron chi connectivity index (χ1n) is 9.89. The highest BCUT2D eigenvalue weighted by atomic mass is 19.1. The lowest BCUT2D eigenvalue weighted by molar-refractivity contribution is -0.136. The lowest BCUT2D eigenvalue weighted by Gasteiger charge is -2.30. The highest BCUT2D eigenvalue weighted by Crippen LogP contribution is 2.32. The molecule has 0 unspecified atom stereocenters. The van der Waals surface area contributed by atoms with Gasteiger partial charge in [-0.05, 0) is 24.5 Å². The number of carbonyl (C=O) groups is 2. The van der Waals surface area contributed by atoms with Crippen molar-refractivity contribution in [1.82, 2.24) is 10.2 Å². The quantitative estimate of drug-likeness (QED) is 0.794. The first kappa shape index (κ1) is 19.8. The predicted molar refractivity (Wildman–Crippen MR) is 103 cm³/mol. The number of furan rings is 1. The lowest BCUT2D eigenvalue weighted by Crippen LogP contribution is -2.53. The van der Waals surface area contributed by atoms with Crippen LogP contribution in [0, 0.1) is 5.92 Å². The summed E-state index contributed by atoms with van der Waals surface area (Å²) < 4.78 is 25.2. The highest BCUT2D eigenvalue weighted by Gasteiger charge is 2.53. The van der Waals surface area contributed by atoms with Crippen LogP contribution in [0.1, 0.15) is 30.8 Å². The molecule has 2 aliphatic heterocycles. The molecule has 2 saturated heterocycles. The molecule has 2 amide bonds. The van der Waals surface area contributed by atoms with E-state index in [0.717, 1.165) is 5.39 Å². The van der Waals surface area contributed by atoms with E-state index in [2.05, 4.69) is 5.32 Å². The number of aliphatic hydroxyl groups excluding tert-OH is 1. The van der Waals surface area contributed by atoms with Gasteiger partial charge in [-0.1, -0.05) is 32.0 Å². The van der Waals surface area contributed by atoms with Gasteiger partial charge in [0.1, 0.15) is 30.0 Å². The number of para-hydroxylation sites is 1. The molecule has 7 nitrogen and oxygen atoms in total. The fourth-order valence-corrected chi connectivity index (χ4v) is 4.20. The van der Waals surface area contributed by atoms with Crippen molar-refractivity contribution in [3.8, 4) is 0 Å². The molecular formula is C21H25FN2O5. The molecule has 2 aliphatic rings. The van der Waals surface area contributed by atoms with Crippen molar-refractivity contribution in [2.45, 2.75) is 50.7 Å². The van der Waals surface area contributed by atoms with E-state index in [1.807, 2.05) is 32.0 Å². The largest absolute Gasteiger partial charge is 0.451 e. The molecule has 0 radical (unpaired) electrons. The zero-order chi connectivity index (χ0) is 20.7. The summed E-state index contributed by atoms with van der Waals surface area (Å²) in [5.74, 6) is -0.692.